The molecule has 0 bridgehead atoms. The topological polar surface area (TPSA) is 0 Å². The van der Waals surface area contributed by atoms with E-state index in [0.29, 0.717) is 5.92 Å². The largest absolute Gasteiger partial charge is 0.114 e. The molecule has 0 spiro atoms. The molecule has 13 heavy (non-hydrogen) atoms. The molecule has 1 rings (SSSR count). The summed E-state index contributed by atoms with van der Waals surface area (Å²) in [5.41, 5.74) is 1.22. The van der Waals surface area contributed by atoms with Crippen LogP contribution >= 0.6 is 23.2 Å². The van der Waals surface area contributed by atoms with Crippen LogP contribution in [0.3, 0.4) is 0 Å². The van der Waals surface area contributed by atoms with Crippen molar-refractivity contribution >= 4 is 23.2 Å². The van der Waals surface area contributed by atoms with Crippen molar-refractivity contribution in [2.24, 2.45) is 5.92 Å². The van der Waals surface area contributed by atoms with E-state index >= 15 is 0 Å². The minimum absolute atomic E-state index is 0.226. The average Bonchev–Trinajstić information content (AvgIpc) is 2.04. The van der Waals surface area contributed by atoms with Gasteiger partial charge in [0.1, 0.15) is 4.84 Å². The molecule has 2 heteroatoms. The van der Waals surface area contributed by atoms with Gasteiger partial charge in [-0.1, -0.05) is 44.2 Å². The highest BCUT2D eigenvalue weighted by Crippen LogP contribution is 2.32. The van der Waals surface area contributed by atoms with Gasteiger partial charge in [-0.3, -0.25) is 0 Å². The molecule has 0 aliphatic rings. The lowest BCUT2D eigenvalue weighted by molar-refractivity contribution is 0.523. The van der Waals surface area contributed by atoms with E-state index in [4.69, 9.17) is 23.2 Å². The van der Waals surface area contributed by atoms with Crippen molar-refractivity contribution in [3.63, 3.8) is 0 Å². The molecule has 72 valence electrons. The van der Waals surface area contributed by atoms with Crippen molar-refractivity contribution < 1.29 is 0 Å². The highest BCUT2D eigenvalue weighted by molar-refractivity contribution is 6.44. The first-order valence-electron chi connectivity index (χ1n) is 4.46. The van der Waals surface area contributed by atoms with E-state index in [0.717, 1.165) is 0 Å². The van der Waals surface area contributed by atoms with Crippen molar-refractivity contribution in [1.29, 1.82) is 0 Å². The fourth-order valence-electron chi connectivity index (χ4n) is 1.50. The monoisotopic (exact) mass is 216 g/mol. The first kappa shape index (κ1) is 10.9. The summed E-state index contributed by atoms with van der Waals surface area (Å²) in [4.78, 5) is -0.331. The molecule has 0 saturated heterocycles. The molecule has 1 aromatic rings. The van der Waals surface area contributed by atoms with Gasteiger partial charge in [0.2, 0.25) is 0 Å². The zero-order valence-corrected chi connectivity index (χ0v) is 9.39. The van der Waals surface area contributed by atoms with Gasteiger partial charge in [0.25, 0.3) is 0 Å². The number of alkyl halides is 2. The van der Waals surface area contributed by atoms with E-state index in [2.05, 4.69) is 26.0 Å². The minimum atomic E-state index is -0.331. The highest BCUT2D eigenvalue weighted by Gasteiger charge is 2.22. The molecule has 0 saturated carbocycles. The second-order valence-corrected chi connectivity index (χ2v) is 4.68. The summed E-state index contributed by atoms with van der Waals surface area (Å²) in [5.74, 6) is 0.687. The van der Waals surface area contributed by atoms with E-state index in [9.17, 15) is 0 Å². The van der Waals surface area contributed by atoms with Crippen molar-refractivity contribution in [3.05, 3.63) is 35.9 Å². The third-order valence-electron chi connectivity index (χ3n) is 2.17. The number of halogens is 2. The SMILES string of the molecule is CC(C)C(c1ccccc1)C(Cl)Cl. The van der Waals surface area contributed by atoms with E-state index in [1.807, 2.05) is 18.2 Å². The Morgan fingerprint density at radius 2 is 1.54 bits per heavy atom. The van der Waals surface area contributed by atoms with Crippen molar-refractivity contribution in [2.75, 3.05) is 0 Å². The second kappa shape index (κ2) is 4.88. The molecule has 0 radical (unpaired) electrons. The molecule has 1 atom stereocenters. The molecule has 1 aromatic carbocycles. The van der Waals surface area contributed by atoms with Crippen LogP contribution in [-0.2, 0) is 0 Å². The maximum Gasteiger partial charge on any atom is 0.114 e. The molecule has 0 nitrogen and oxygen atoms in total. The first-order valence-corrected chi connectivity index (χ1v) is 5.33. The van der Waals surface area contributed by atoms with Gasteiger partial charge in [-0.25, -0.2) is 0 Å². The molecular weight excluding hydrogens is 203 g/mol. The summed E-state index contributed by atoms with van der Waals surface area (Å²) < 4.78 is 0. The van der Waals surface area contributed by atoms with Crippen LogP contribution in [0.25, 0.3) is 0 Å². The van der Waals surface area contributed by atoms with Crippen molar-refractivity contribution in [2.45, 2.75) is 24.6 Å². The van der Waals surface area contributed by atoms with Crippen LogP contribution in [0.5, 0.6) is 0 Å². The Bertz CT molecular complexity index is 234. The summed E-state index contributed by atoms with van der Waals surface area (Å²) in [7, 11) is 0. The standard InChI is InChI=1S/C11H14Cl2/c1-8(2)10(11(12)13)9-6-4-3-5-7-9/h3-8,10-11H,1-2H3. The quantitative estimate of drug-likeness (QED) is 0.664. The van der Waals surface area contributed by atoms with E-state index in [-0.39, 0.29) is 10.8 Å². The molecule has 1 unspecified atom stereocenters. The summed E-state index contributed by atoms with van der Waals surface area (Å²) in [5, 5.41) is 0. The van der Waals surface area contributed by atoms with Gasteiger partial charge < -0.3 is 0 Å². The normalized spacial score (nSPS) is 13.7. The van der Waals surface area contributed by atoms with Crippen molar-refractivity contribution in [1.82, 2.24) is 0 Å². The molecule has 0 N–H and O–H groups in total. The lowest BCUT2D eigenvalue weighted by atomic mass is 9.90. The summed E-state index contributed by atoms with van der Waals surface area (Å²) >= 11 is 11.9. The summed E-state index contributed by atoms with van der Waals surface area (Å²) in [6.07, 6.45) is 0. The first-order chi connectivity index (χ1) is 6.13. The van der Waals surface area contributed by atoms with Gasteiger partial charge in [-0.15, -0.1) is 23.2 Å². The molecule has 0 amide bonds. The Labute approximate surface area is 89.9 Å². The fraction of sp³-hybridized carbons (Fsp3) is 0.455. The number of rotatable bonds is 3. The lowest BCUT2D eigenvalue weighted by Gasteiger charge is -2.22. The van der Waals surface area contributed by atoms with Crippen LogP contribution in [0.15, 0.2) is 30.3 Å². The van der Waals surface area contributed by atoms with E-state index < -0.39 is 0 Å². The van der Waals surface area contributed by atoms with Gasteiger partial charge in [-0.05, 0) is 11.5 Å². The highest BCUT2D eigenvalue weighted by atomic mass is 35.5. The van der Waals surface area contributed by atoms with Gasteiger partial charge in [-0.2, -0.15) is 0 Å². The predicted molar refractivity (Wildman–Crippen MR) is 59.5 cm³/mol. The average molecular weight is 217 g/mol. The van der Waals surface area contributed by atoms with Gasteiger partial charge in [0.15, 0.2) is 0 Å². The zero-order valence-electron chi connectivity index (χ0n) is 7.87. The van der Waals surface area contributed by atoms with Crippen LogP contribution in [0, 0.1) is 5.92 Å². The van der Waals surface area contributed by atoms with E-state index in [1.165, 1.54) is 5.56 Å². The smallest absolute Gasteiger partial charge is 0.105 e. The minimum Gasteiger partial charge on any atom is -0.105 e. The Morgan fingerprint density at radius 3 is 1.92 bits per heavy atom. The maximum atomic E-state index is 5.94. The van der Waals surface area contributed by atoms with Gasteiger partial charge in [0, 0.05) is 5.92 Å². The van der Waals surface area contributed by atoms with Crippen LogP contribution in [-0.4, -0.2) is 4.84 Å². The second-order valence-electron chi connectivity index (χ2n) is 3.51. The number of hydrogen-bond donors (Lipinski definition) is 0. The molecule has 0 aliphatic heterocycles. The zero-order chi connectivity index (χ0) is 9.84. The number of benzene rings is 1. The predicted octanol–water partition coefficient (Wildman–Crippen LogP) is 4.23. The Balaban J connectivity index is 2.89. The van der Waals surface area contributed by atoms with E-state index in [1.54, 1.807) is 0 Å². The molecular formula is C11H14Cl2. The van der Waals surface area contributed by atoms with Gasteiger partial charge in [0.05, 0.1) is 0 Å². The maximum absolute atomic E-state index is 5.94. The van der Waals surface area contributed by atoms with Gasteiger partial charge >= 0.3 is 0 Å². The molecule has 0 heterocycles. The molecule has 0 aromatic heterocycles. The van der Waals surface area contributed by atoms with Crippen LogP contribution < -0.4 is 0 Å². The third kappa shape index (κ3) is 2.89. The van der Waals surface area contributed by atoms with Crippen LogP contribution in [0.2, 0.25) is 0 Å². The Hall–Kier alpha value is -0.200. The molecule has 0 aliphatic carbocycles. The lowest BCUT2D eigenvalue weighted by Crippen LogP contribution is -2.13. The van der Waals surface area contributed by atoms with Crippen LogP contribution in [0.1, 0.15) is 25.3 Å². The molecule has 0 fully saturated rings. The third-order valence-corrected chi connectivity index (χ3v) is 2.72. The van der Waals surface area contributed by atoms with Crippen LogP contribution in [0.4, 0.5) is 0 Å². The fourth-order valence-corrected chi connectivity index (χ4v) is 2.37. The Morgan fingerprint density at radius 1 is 1.00 bits per heavy atom. The summed E-state index contributed by atoms with van der Waals surface area (Å²) in [6.45, 7) is 4.27. The summed E-state index contributed by atoms with van der Waals surface area (Å²) in [6, 6.07) is 10.2. The number of hydrogen-bond acceptors (Lipinski definition) is 0. The van der Waals surface area contributed by atoms with Crippen molar-refractivity contribution in [3.8, 4) is 0 Å². The Kier molecular flexibility index (Phi) is 4.08.